The highest BCUT2D eigenvalue weighted by molar-refractivity contribution is 7.99. The van der Waals surface area contributed by atoms with Gasteiger partial charge in [0.05, 0.1) is 5.02 Å². The van der Waals surface area contributed by atoms with Gasteiger partial charge in [0.2, 0.25) is 0 Å². The van der Waals surface area contributed by atoms with Gasteiger partial charge in [0.1, 0.15) is 5.03 Å². The van der Waals surface area contributed by atoms with Gasteiger partial charge in [-0.2, -0.15) is 0 Å². The zero-order chi connectivity index (χ0) is 8.81. The summed E-state index contributed by atoms with van der Waals surface area (Å²) in [5, 5.41) is 1.62. The van der Waals surface area contributed by atoms with Crippen molar-refractivity contribution >= 4 is 23.4 Å². The maximum Gasteiger partial charge on any atom is 0.115 e. The number of pyridine rings is 1. The molecule has 1 rings (SSSR count). The molecule has 0 saturated heterocycles. The molecule has 66 valence electrons. The Kier molecular flexibility index (Phi) is 4.43. The quantitative estimate of drug-likeness (QED) is 0.601. The standard InChI is InChI=1S/C8H11ClN2S/c9-7-3-1-5-11-8(7)12-6-2-4-10/h1,3,5H,2,4,6,10H2. The number of halogens is 1. The third kappa shape index (κ3) is 3.01. The van der Waals surface area contributed by atoms with E-state index in [-0.39, 0.29) is 0 Å². The summed E-state index contributed by atoms with van der Waals surface area (Å²) in [5.74, 6) is 0.979. The summed E-state index contributed by atoms with van der Waals surface area (Å²) in [5.41, 5.74) is 5.36. The number of nitrogens with two attached hydrogens (primary N) is 1. The van der Waals surface area contributed by atoms with Crippen molar-refractivity contribution in [2.45, 2.75) is 11.4 Å². The minimum Gasteiger partial charge on any atom is -0.330 e. The number of nitrogens with zero attached hydrogens (tertiary/aromatic N) is 1. The van der Waals surface area contributed by atoms with Gasteiger partial charge in [-0.25, -0.2) is 4.98 Å². The highest BCUT2D eigenvalue weighted by atomic mass is 35.5. The van der Waals surface area contributed by atoms with Crippen LogP contribution in [0.1, 0.15) is 6.42 Å². The Morgan fingerprint density at radius 3 is 3.08 bits per heavy atom. The van der Waals surface area contributed by atoms with E-state index in [2.05, 4.69) is 4.98 Å². The Balaban J connectivity index is 2.46. The minimum absolute atomic E-state index is 0.720. The Hall–Kier alpha value is -0.250. The lowest BCUT2D eigenvalue weighted by Gasteiger charge is -2.00. The van der Waals surface area contributed by atoms with Gasteiger partial charge in [-0.3, -0.25) is 0 Å². The van der Waals surface area contributed by atoms with E-state index >= 15 is 0 Å². The molecular formula is C8H11ClN2S. The molecule has 0 spiro atoms. The van der Waals surface area contributed by atoms with E-state index in [0.29, 0.717) is 0 Å². The lowest BCUT2D eigenvalue weighted by atomic mass is 10.5. The lowest BCUT2D eigenvalue weighted by Crippen LogP contribution is -1.99. The molecule has 0 aliphatic carbocycles. The Bertz CT molecular complexity index is 242. The van der Waals surface area contributed by atoms with Gasteiger partial charge in [0.25, 0.3) is 0 Å². The van der Waals surface area contributed by atoms with Crippen LogP contribution in [0.25, 0.3) is 0 Å². The Morgan fingerprint density at radius 1 is 1.58 bits per heavy atom. The highest BCUT2D eigenvalue weighted by Gasteiger charge is 1.99. The van der Waals surface area contributed by atoms with Crippen LogP contribution >= 0.6 is 23.4 Å². The van der Waals surface area contributed by atoms with Gasteiger partial charge in [-0.1, -0.05) is 11.6 Å². The first-order valence-electron chi connectivity index (χ1n) is 3.78. The van der Waals surface area contributed by atoms with Crippen LogP contribution in [0.5, 0.6) is 0 Å². The smallest absolute Gasteiger partial charge is 0.115 e. The van der Waals surface area contributed by atoms with Crippen molar-refractivity contribution in [1.82, 2.24) is 4.98 Å². The van der Waals surface area contributed by atoms with Gasteiger partial charge in [-0.05, 0) is 25.1 Å². The average Bonchev–Trinajstić information content (AvgIpc) is 2.09. The predicted molar refractivity (Wildman–Crippen MR) is 53.6 cm³/mol. The molecule has 1 aromatic rings. The minimum atomic E-state index is 0.720. The Labute approximate surface area is 81.5 Å². The lowest BCUT2D eigenvalue weighted by molar-refractivity contribution is 0.940. The van der Waals surface area contributed by atoms with Crippen molar-refractivity contribution in [2.24, 2.45) is 5.73 Å². The third-order valence-corrected chi connectivity index (χ3v) is 2.82. The maximum absolute atomic E-state index is 5.89. The van der Waals surface area contributed by atoms with E-state index in [1.807, 2.05) is 12.1 Å². The van der Waals surface area contributed by atoms with Crippen LogP contribution in [0.2, 0.25) is 5.02 Å². The number of hydrogen-bond donors (Lipinski definition) is 1. The summed E-state index contributed by atoms with van der Waals surface area (Å²) in [6.07, 6.45) is 2.74. The first-order chi connectivity index (χ1) is 5.84. The molecule has 0 aromatic carbocycles. The van der Waals surface area contributed by atoms with Crippen LogP contribution in [0.15, 0.2) is 23.4 Å². The van der Waals surface area contributed by atoms with Crippen molar-refractivity contribution < 1.29 is 0 Å². The summed E-state index contributed by atoms with van der Waals surface area (Å²) in [6, 6.07) is 3.68. The summed E-state index contributed by atoms with van der Waals surface area (Å²) < 4.78 is 0. The molecule has 0 atom stereocenters. The molecule has 0 aliphatic rings. The molecule has 4 heteroatoms. The second kappa shape index (κ2) is 5.41. The van der Waals surface area contributed by atoms with Gasteiger partial charge in [0, 0.05) is 11.9 Å². The van der Waals surface area contributed by atoms with Crippen molar-refractivity contribution in [1.29, 1.82) is 0 Å². The molecule has 2 nitrogen and oxygen atoms in total. The maximum atomic E-state index is 5.89. The van der Waals surface area contributed by atoms with Crippen molar-refractivity contribution in [3.05, 3.63) is 23.4 Å². The van der Waals surface area contributed by atoms with Crippen LogP contribution in [0, 0.1) is 0 Å². The van der Waals surface area contributed by atoms with Crippen LogP contribution in [0.3, 0.4) is 0 Å². The number of thioether (sulfide) groups is 1. The predicted octanol–water partition coefficient (Wildman–Crippen LogP) is 2.18. The molecule has 0 fully saturated rings. The number of aromatic nitrogens is 1. The topological polar surface area (TPSA) is 38.9 Å². The fourth-order valence-corrected chi connectivity index (χ4v) is 1.86. The van der Waals surface area contributed by atoms with E-state index in [9.17, 15) is 0 Å². The van der Waals surface area contributed by atoms with E-state index in [4.69, 9.17) is 17.3 Å². The van der Waals surface area contributed by atoms with Gasteiger partial charge >= 0.3 is 0 Å². The summed E-state index contributed by atoms with van der Waals surface area (Å²) in [6.45, 7) is 0.720. The van der Waals surface area contributed by atoms with Gasteiger partial charge in [-0.15, -0.1) is 11.8 Å². The second-order valence-electron chi connectivity index (χ2n) is 2.28. The highest BCUT2D eigenvalue weighted by Crippen LogP contribution is 2.23. The zero-order valence-electron chi connectivity index (χ0n) is 6.66. The molecule has 12 heavy (non-hydrogen) atoms. The molecule has 0 aliphatic heterocycles. The van der Waals surface area contributed by atoms with Crippen LogP contribution < -0.4 is 5.73 Å². The summed E-state index contributed by atoms with van der Waals surface area (Å²) in [7, 11) is 0. The second-order valence-corrected chi connectivity index (χ2v) is 3.77. The Morgan fingerprint density at radius 2 is 2.42 bits per heavy atom. The van der Waals surface area contributed by atoms with E-state index in [1.54, 1.807) is 18.0 Å². The SMILES string of the molecule is NCCCSc1ncccc1Cl. The molecule has 0 unspecified atom stereocenters. The van der Waals surface area contributed by atoms with Gasteiger partial charge < -0.3 is 5.73 Å². The molecule has 1 aromatic heterocycles. The third-order valence-electron chi connectivity index (χ3n) is 1.31. The van der Waals surface area contributed by atoms with Crippen LogP contribution in [0.4, 0.5) is 0 Å². The normalized spacial score (nSPS) is 10.2. The van der Waals surface area contributed by atoms with Crippen LogP contribution in [-0.4, -0.2) is 17.3 Å². The van der Waals surface area contributed by atoms with E-state index in [0.717, 1.165) is 28.8 Å². The fourth-order valence-electron chi connectivity index (χ4n) is 0.730. The van der Waals surface area contributed by atoms with Crippen LogP contribution in [-0.2, 0) is 0 Å². The van der Waals surface area contributed by atoms with Gasteiger partial charge in [0.15, 0.2) is 0 Å². The summed E-state index contributed by atoms with van der Waals surface area (Å²) in [4.78, 5) is 4.14. The zero-order valence-corrected chi connectivity index (χ0v) is 8.24. The fraction of sp³-hybridized carbons (Fsp3) is 0.375. The largest absolute Gasteiger partial charge is 0.330 e. The van der Waals surface area contributed by atoms with Crippen molar-refractivity contribution in [2.75, 3.05) is 12.3 Å². The summed E-state index contributed by atoms with van der Waals surface area (Å²) >= 11 is 7.54. The number of hydrogen-bond acceptors (Lipinski definition) is 3. The molecule has 0 radical (unpaired) electrons. The molecule has 0 saturated carbocycles. The molecule has 0 amide bonds. The first kappa shape index (κ1) is 9.84. The molecule has 2 N–H and O–H groups in total. The van der Waals surface area contributed by atoms with Crippen molar-refractivity contribution in [3.8, 4) is 0 Å². The monoisotopic (exact) mass is 202 g/mol. The number of rotatable bonds is 4. The van der Waals surface area contributed by atoms with Crippen molar-refractivity contribution in [3.63, 3.8) is 0 Å². The molecule has 0 bridgehead atoms. The molecule has 1 heterocycles. The first-order valence-corrected chi connectivity index (χ1v) is 5.14. The van der Waals surface area contributed by atoms with E-state index in [1.165, 1.54) is 0 Å². The molecular weight excluding hydrogens is 192 g/mol. The van der Waals surface area contributed by atoms with E-state index < -0.39 is 0 Å². The average molecular weight is 203 g/mol.